The van der Waals surface area contributed by atoms with E-state index in [-0.39, 0.29) is 26.6 Å². The molecule has 0 saturated carbocycles. The van der Waals surface area contributed by atoms with Crippen LogP contribution in [0, 0.1) is 7.14 Å². The summed E-state index contributed by atoms with van der Waals surface area (Å²) in [5, 5.41) is 2.31. The first-order chi connectivity index (χ1) is 17.6. The molecule has 0 aliphatic carbocycles. The molecule has 1 aromatic heterocycles. The minimum atomic E-state index is -0.268. The Bertz CT molecular complexity index is 1880. The summed E-state index contributed by atoms with van der Waals surface area (Å²) < 4.78 is 15.9. The number of halogens is 1. The van der Waals surface area contributed by atoms with Crippen LogP contribution in [0.5, 0.6) is 11.5 Å². The SMILES string of the molecule is CC1(C)c2ccc(-c3ccc4c(c3)oc3ccccc34)cc2Oc2c1ccc1c2[I-]c2ccccc2-1. The van der Waals surface area contributed by atoms with Gasteiger partial charge in [-0.05, 0) is 0 Å². The van der Waals surface area contributed by atoms with Crippen LogP contribution >= 0.6 is 0 Å². The van der Waals surface area contributed by atoms with Gasteiger partial charge in [0.2, 0.25) is 0 Å². The van der Waals surface area contributed by atoms with E-state index in [1.54, 1.807) is 0 Å². The molecule has 0 bridgehead atoms. The molecule has 2 aliphatic heterocycles. The fourth-order valence-electron chi connectivity index (χ4n) is 5.78. The first-order valence-corrected chi connectivity index (χ1v) is 14.4. The van der Waals surface area contributed by atoms with E-state index in [1.807, 2.05) is 12.1 Å². The van der Waals surface area contributed by atoms with E-state index in [2.05, 4.69) is 98.8 Å². The average Bonchev–Trinajstić information content (AvgIpc) is 3.46. The summed E-state index contributed by atoms with van der Waals surface area (Å²) in [7, 11) is 0. The zero-order valence-corrected chi connectivity index (χ0v) is 22.1. The summed E-state index contributed by atoms with van der Waals surface area (Å²) in [6.45, 7) is 4.64. The van der Waals surface area contributed by atoms with Crippen LogP contribution in [-0.2, 0) is 5.41 Å². The van der Waals surface area contributed by atoms with Crippen molar-refractivity contribution in [3.8, 4) is 33.8 Å². The second kappa shape index (κ2) is 7.23. The van der Waals surface area contributed by atoms with Gasteiger partial charge >= 0.3 is 209 Å². The molecule has 2 nitrogen and oxygen atoms in total. The first kappa shape index (κ1) is 20.6. The molecule has 0 atom stereocenters. The van der Waals surface area contributed by atoms with Crippen molar-refractivity contribution in [2.24, 2.45) is 0 Å². The van der Waals surface area contributed by atoms with Crippen molar-refractivity contribution in [3.63, 3.8) is 0 Å². The molecule has 36 heavy (non-hydrogen) atoms. The molecule has 0 saturated heterocycles. The van der Waals surface area contributed by atoms with Crippen molar-refractivity contribution in [2.45, 2.75) is 19.3 Å². The van der Waals surface area contributed by atoms with Gasteiger partial charge in [-0.15, -0.1) is 0 Å². The molecule has 0 fully saturated rings. The second-order valence-corrected chi connectivity index (χ2v) is 12.9. The van der Waals surface area contributed by atoms with Gasteiger partial charge in [0.05, 0.1) is 0 Å². The molecule has 2 aliphatic rings. The monoisotopic (exact) mass is 577 g/mol. The summed E-state index contributed by atoms with van der Waals surface area (Å²) >= 11 is -0.268. The normalized spacial score (nSPS) is 14.9. The maximum absolute atomic E-state index is 6.79. The number of hydrogen-bond donors (Lipinski definition) is 0. The van der Waals surface area contributed by atoms with Gasteiger partial charge in [0, 0.05) is 0 Å². The summed E-state index contributed by atoms with van der Waals surface area (Å²) in [5.41, 5.74) is 9.24. The molecule has 174 valence electrons. The molecule has 0 spiro atoms. The van der Waals surface area contributed by atoms with Crippen molar-refractivity contribution in [1.29, 1.82) is 0 Å². The van der Waals surface area contributed by atoms with Crippen LogP contribution in [0.1, 0.15) is 25.0 Å². The van der Waals surface area contributed by atoms with Crippen LogP contribution in [0.4, 0.5) is 0 Å². The van der Waals surface area contributed by atoms with Crippen LogP contribution in [0.2, 0.25) is 0 Å². The van der Waals surface area contributed by atoms with Gasteiger partial charge in [0.25, 0.3) is 0 Å². The Hall–Kier alpha value is -3.57. The van der Waals surface area contributed by atoms with Crippen LogP contribution in [0.3, 0.4) is 0 Å². The third kappa shape index (κ3) is 2.78. The Morgan fingerprint density at radius 1 is 0.639 bits per heavy atom. The van der Waals surface area contributed by atoms with E-state index in [0.717, 1.165) is 44.6 Å². The molecule has 0 N–H and O–H groups in total. The van der Waals surface area contributed by atoms with Crippen LogP contribution < -0.4 is 25.9 Å². The fourth-order valence-corrected chi connectivity index (χ4v) is 8.91. The first-order valence-electron chi connectivity index (χ1n) is 12.2. The van der Waals surface area contributed by atoms with Crippen LogP contribution in [-0.4, -0.2) is 0 Å². The van der Waals surface area contributed by atoms with Gasteiger partial charge < -0.3 is 0 Å². The summed E-state index contributed by atoms with van der Waals surface area (Å²) in [6, 6.07) is 34.8. The van der Waals surface area contributed by atoms with Gasteiger partial charge in [-0.1, -0.05) is 12.1 Å². The van der Waals surface area contributed by atoms with E-state index in [4.69, 9.17) is 9.15 Å². The van der Waals surface area contributed by atoms with Gasteiger partial charge in [0.1, 0.15) is 0 Å². The second-order valence-electron chi connectivity index (χ2n) is 10.1. The summed E-state index contributed by atoms with van der Waals surface area (Å²) in [6.07, 6.45) is 0. The van der Waals surface area contributed by atoms with Crippen LogP contribution in [0.15, 0.2) is 101 Å². The Balaban J connectivity index is 1.26. The molecule has 5 aromatic carbocycles. The molecule has 3 heteroatoms. The Labute approximate surface area is 219 Å². The van der Waals surface area contributed by atoms with Gasteiger partial charge in [-0.2, -0.15) is 0 Å². The molecule has 3 heterocycles. The van der Waals surface area contributed by atoms with Crippen molar-refractivity contribution in [2.75, 3.05) is 0 Å². The molecule has 8 rings (SSSR count). The Morgan fingerprint density at radius 2 is 1.39 bits per heavy atom. The standard InChI is InChI=1S/C33H22IO2/c1-33(2)25-15-12-20(19-11-13-23-22-8-4-6-10-28(22)35-29(23)17-19)18-30(25)36-32-26(33)16-14-24-21-7-3-5-9-27(21)34-31(24)32/h3-18H,1-2H3/q-1. The number of para-hydroxylation sites is 1. The minimum absolute atomic E-state index is 0.127. The van der Waals surface area contributed by atoms with E-state index in [0.29, 0.717) is 0 Å². The Morgan fingerprint density at radius 3 is 2.33 bits per heavy atom. The van der Waals surface area contributed by atoms with E-state index in [9.17, 15) is 0 Å². The number of furan rings is 1. The maximum atomic E-state index is 6.79. The number of benzene rings is 5. The predicted molar refractivity (Wildman–Crippen MR) is 141 cm³/mol. The molecule has 0 radical (unpaired) electrons. The quantitative estimate of drug-likeness (QED) is 0.231. The zero-order chi connectivity index (χ0) is 24.0. The number of hydrogen-bond acceptors (Lipinski definition) is 2. The number of fused-ring (bicyclic) bond motifs is 9. The number of ether oxygens (including phenoxy) is 1. The average molecular weight is 577 g/mol. The van der Waals surface area contributed by atoms with E-state index in [1.165, 1.54) is 29.4 Å². The molecule has 0 unspecified atom stereocenters. The summed E-state index contributed by atoms with van der Waals surface area (Å²) in [4.78, 5) is 0. The van der Waals surface area contributed by atoms with E-state index >= 15 is 0 Å². The number of rotatable bonds is 1. The molecular weight excluding hydrogens is 555 g/mol. The topological polar surface area (TPSA) is 22.4 Å². The molecular formula is C33H22IO2-. The van der Waals surface area contributed by atoms with Gasteiger partial charge in [0.15, 0.2) is 0 Å². The van der Waals surface area contributed by atoms with Crippen LogP contribution in [0.25, 0.3) is 44.2 Å². The Kier molecular flexibility index (Phi) is 4.14. The van der Waals surface area contributed by atoms with Crippen molar-refractivity contribution in [1.82, 2.24) is 0 Å². The molecule has 6 aromatic rings. The van der Waals surface area contributed by atoms with Gasteiger partial charge in [-0.3, -0.25) is 0 Å². The summed E-state index contributed by atoms with van der Waals surface area (Å²) in [5.74, 6) is 2.04. The fraction of sp³-hybridized carbons (Fsp3) is 0.0909. The van der Waals surface area contributed by atoms with Crippen molar-refractivity contribution in [3.05, 3.63) is 115 Å². The third-order valence-electron chi connectivity index (χ3n) is 7.71. The molecule has 0 amide bonds. The zero-order valence-electron chi connectivity index (χ0n) is 19.9. The van der Waals surface area contributed by atoms with E-state index < -0.39 is 0 Å². The predicted octanol–water partition coefficient (Wildman–Crippen LogP) is 5.79. The van der Waals surface area contributed by atoms with Crippen molar-refractivity contribution < 1.29 is 30.4 Å². The van der Waals surface area contributed by atoms with Crippen molar-refractivity contribution >= 4 is 21.9 Å². The van der Waals surface area contributed by atoms with Gasteiger partial charge in [-0.25, -0.2) is 0 Å². The third-order valence-corrected chi connectivity index (χ3v) is 10.8.